The third-order valence-corrected chi connectivity index (χ3v) is 3.23. The Morgan fingerprint density at radius 1 is 1.18 bits per heavy atom. The van der Waals surface area contributed by atoms with Crippen molar-refractivity contribution >= 4 is 35.3 Å². The summed E-state index contributed by atoms with van der Waals surface area (Å²) in [4.78, 5) is 11.6. The summed E-state index contributed by atoms with van der Waals surface area (Å²) in [6, 6.07) is 10.4. The summed E-state index contributed by atoms with van der Waals surface area (Å²) in [5, 5.41) is 4.60. The van der Waals surface area contributed by atoms with Crippen molar-refractivity contribution in [1.82, 2.24) is 5.43 Å². The molecule has 2 rings (SSSR count). The molecule has 1 N–H and O–H groups in total. The molecular weight excluding hydrogens is 330 g/mol. The standard InChI is InChI=1S/C15H11Cl2FN2O2/c16-13-2-1-3-14(17)12(13)8-19-20-15(21)9-22-11-6-4-10(18)5-7-11/h1-8H,9H2,(H,20,21)/b19-8+. The van der Waals surface area contributed by atoms with Crippen LogP contribution in [0.4, 0.5) is 4.39 Å². The molecular formula is C15H11Cl2FN2O2. The van der Waals surface area contributed by atoms with Gasteiger partial charge in [-0.3, -0.25) is 4.79 Å². The Hall–Kier alpha value is -2.11. The molecule has 1 amide bonds. The third kappa shape index (κ3) is 4.72. The van der Waals surface area contributed by atoms with Crippen LogP contribution < -0.4 is 10.2 Å². The quantitative estimate of drug-likeness (QED) is 0.667. The summed E-state index contributed by atoms with van der Waals surface area (Å²) in [5.41, 5.74) is 2.79. The van der Waals surface area contributed by atoms with Gasteiger partial charge in [0, 0.05) is 5.56 Å². The lowest BCUT2D eigenvalue weighted by Crippen LogP contribution is -2.24. The summed E-state index contributed by atoms with van der Waals surface area (Å²) in [6.07, 6.45) is 1.35. The van der Waals surface area contributed by atoms with Gasteiger partial charge in [0.1, 0.15) is 11.6 Å². The molecule has 0 spiro atoms. The van der Waals surface area contributed by atoms with Crippen LogP contribution >= 0.6 is 23.2 Å². The molecule has 22 heavy (non-hydrogen) atoms. The van der Waals surface area contributed by atoms with Crippen molar-refractivity contribution in [2.75, 3.05) is 6.61 Å². The van der Waals surface area contributed by atoms with Crippen LogP contribution in [0.2, 0.25) is 10.0 Å². The van der Waals surface area contributed by atoms with E-state index in [0.29, 0.717) is 21.4 Å². The Kier molecular flexibility index (Phi) is 5.75. The van der Waals surface area contributed by atoms with Gasteiger partial charge >= 0.3 is 0 Å². The van der Waals surface area contributed by atoms with Crippen molar-refractivity contribution in [3.63, 3.8) is 0 Å². The van der Waals surface area contributed by atoms with Gasteiger partial charge in [-0.05, 0) is 36.4 Å². The van der Waals surface area contributed by atoms with E-state index in [1.165, 1.54) is 30.5 Å². The molecule has 0 radical (unpaired) electrons. The number of hydrogen-bond acceptors (Lipinski definition) is 3. The number of ether oxygens (including phenoxy) is 1. The van der Waals surface area contributed by atoms with Crippen molar-refractivity contribution in [2.24, 2.45) is 5.10 Å². The van der Waals surface area contributed by atoms with Gasteiger partial charge < -0.3 is 4.74 Å². The molecule has 2 aromatic rings. The lowest BCUT2D eigenvalue weighted by atomic mass is 10.2. The number of amides is 1. The number of carbonyl (C=O) groups is 1. The molecule has 0 saturated carbocycles. The lowest BCUT2D eigenvalue weighted by Gasteiger charge is -2.05. The molecule has 0 bridgehead atoms. The highest BCUT2D eigenvalue weighted by Gasteiger charge is 2.04. The zero-order chi connectivity index (χ0) is 15.9. The van der Waals surface area contributed by atoms with Crippen LogP contribution in [0, 0.1) is 5.82 Å². The van der Waals surface area contributed by atoms with Gasteiger partial charge in [0.25, 0.3) is 5.91 Å². The first-order valence-electron chi connectivity index (χ1n) is 6.20. The van der Waals surface area contributed by atoms with E-state index >= 15 is 0 Å². The predicted molar refractivity (Wildman–Crippen MR) is 84.1 cm³/mol. The maximum Gasteiger partial charge on any atom is 0.277 e. The molecule has 0 heterocycles. The molecule has 0 aliphatic rings. The smallest absolute Gasteiger partial charge is 0.277 e. The third-order valence-electron chi connectivity index (χ3n) is 2.57. The minimum Gasteiger partial charge on any atom is -0.484 e. The van der Waals surface area contributed by atoms with Gasteiger partial charge in [-0.1, -0.05) is 29.3 Å². The second-order valence-electron chi connectivity index (χ2n) is 4.17. The van der Waals surface area contributed by atoms with Gasteiger partial charge in [-0.15, -0.1) is 0 Å². The second kappa shape index (κ2) is 7.77. The van der Waals surface area contributed by atoms with E-state index in [4.69, 9.17) is 27.9 Å². The van der Waals surface area contributed by atoms with Crippen molar-refractivity contribution in [2.45, 2.75) is 0 Å². The van der Waals surface area contributed by atoms with E-state index in [1.54, 1.807) is 18.2 Å². The van der Waals surface area contributed by atoms with Crippen LogP contribution in [0.3, 0.4) is 0 Å². The van der Waals surface area contributed by atoms with Gasteiger partial charge in [-0.2, -0.15) is 5.10 Å². The maximum atomic E-state index is 12.7. The molecule has 0 aromatic heterocycles. The summed E-state index contributed by atoms with van der Waals surface area (Å²) in [6.45, 7) is -0.251. The van der Waals surface area contributed by atoms with Crippen LogP contribution in [-0.4, -0.2) is 18.7 Å². The highest BCUT2D eigenvalue weighted by atomic mass is 35.5. The highest BCUT2D eigenvalue weighted by Crippen LogP contribution is 2.21. The van der Waals surface area contributed by atoms with Gasteiger partial charge in [0.05, 0.1) is 16.3 Å². The molecule has 0 saturated heterocycles. The Balaban J connectivity index is 1.85. The monoisotopic (exact) mass is 340 g/mol. The fraction of sp³-hybridized carbons (Fsp3) is 0.0667. The SMILES string of the molecule is O=C(COc1ccc(F)cc1)N/N=C/c1c(Cl)cccc1Cl. The average molecular weight is 341 g/mol. The minimum absolute atomic E-state index is 0.251. The average Bonchev–Trinajstić information content (AvgIpc) is 2.50. The van der Waals surface area contributed by atoms with Crippen molar-refractivity contribution in [3.05, 3.63) is 63.9 Å². The normalized spacial score (nSPS) is 10.7. The Morgan fingerprint density at radius 2 is 1.82 bits per heavy atom. The zero-order valence-corrected chi connectivity index (χ0v) is 12.7. The Bertz CT molecular complexity index is 670. The van der Waals surface area contributed by atoms with Crippen LogP contribution in [0.15, 0.2) is 47.6 Å². The Morgan fingerprint density at radius 3 is 2.45 bits per heavy atom. The van der Waals surface area contributed by atoms with Crippen molar-refractivity contribution in [3.8, 4) is 5.75 Å². The number of hydrazone groups is 1. The number of rotatable bonds is 5. The van der Waals surface area contributed by atoms with Crippen LogP contribution in [0.1, 0.15) is 5.56 Å². The second-order valence-corrected chi connectivity index (χ2v) is 4.99. The number of benzene rings is 2. The fourth-order valence-corrected chi connectivity index (χ4v) is 2.01. The zero-order valence-electron chi connectivity index (χ0n) is 11.2. The molecule has 0 aliphatic heterocycles. The van der Waals surface area contributed by atoms with Crippen LogP contribution in [0.5, 0.6) is 5.75 Å². The van der Waals surface area contributed by atoms with E-state index in [-0.39, 0.29) is 12.4 Å². The number of carbonyl (C=O) groups excluding carboxylic acids is 1. The van der Waals surface area contributed by atoms with E-state index < -0.39 is 5.91 Å². The first-order valence-corrected chi connectivity index (χ1v) is 6.96. The molecule has 0 fully saturated rings. The Labute approximate surface area is 136 Å². The van der Waals surface area contributed by atoms with E-state index in [0.717, 1.165) is 0 Å². The number of halogens is 3. The van der Waals surface area contributed by atoms with Crippen molar-refractivity contribution < 1.29 is 13.9 Å². The topological polar surface area (TPSA) is 50.7 Å². The van der Waals surface area contributed by atoms with Gasteiger partial charge in [0.2, 0.25) is 0 Å². The molecule has 0 unspecified atom stereocenters. The summed E-state index contributed by atoms with van der Waals surface area (Å²) < 4.78 is 17.9. The first-order chi connectivity index (χ1) is 10.6. The molecule has 0 aliphatic carbocycles. The predicted octanol–water partition coefficient (Wildman–Crippen LogP) is 3.66. The lowest BCUT2D eigenvalue weighted by molar-refractivity contribution is -0.123. The highest BCUT2D eigenvalue weighted by molar-refractivity contribution is 6.38. The molecule has 7 heteroatoms. The number of nitrogens with zero attached hydrogens (tertiary/aromatic N) is 1. The van der Waals surface area contributed by atoms with E-state index in [9.17, 15) is 9.18 Å². The summed E-state index contributed by atoms with van der Waals surface area (Å²) >= 11 is 11.9. The number of nitrogens with one attached hydrogen (secondary N) is 1. The number of hydrogen-bond donors (Lipinski definition) is 1. The molecule has 0 atom stereocenters. The van der Waals surface area contributed by atoms with E-state index in [1.807, 2.05) is 0 Å². The van der Waals surface area contributed by atoms with E-state index in [2.05, 4.69) is 10.5 Å². The minimum atomic E-state index is -0.469. The first kappa shape index (κ1) is 16.3. The van der Waals surface area contributed by atoms with Gasteiger partial charge in [0.15, 0.2) is 6.61 Å². The van der Waals surface area contributed by atoms with Gasteiger partial charge in [-0.25, -0.2) is 9.82 Å². The van der Waals surface area contributed by atoms with Crippen LogP contribution in [0.25, 0.3) is 0 Å². The summed E-state index contributed by atoms with van der Waals surface area (Å²) in [5.74, 6) is -0.462. The maximum absolute atomic E-state index is 12.7. The largest absolute Gasteiger partial charge is 0.484 e. The van der Waals surface area contributed by atoms with Crippen molar-refractivity contribution in [1.29, 1.82) is 0 Å². The summed E-state index contributed by atoms with van der Waals surface area (Å²) in [7, 11) is 0. The fourth-order valence-electron chi connectivity index (χ4n) is 1.51. The van der Waals surface area contributed by atoms with Crippen LogP contribution in [-0.2, 0) is 4.79 Å². The molecule has 2 aromatic carbocycles. The molecule has 114 valence electrons. The molecule has 4 nitrogen and oxygen atoms in total.